The van der Waals surface area contributed by atoms with Crippen LogP contribution in [0.4, 0.5) is 0 Å². The van der Waals surface area contributed by atoms with Crippen molar-refractivity contribution >= 4 is 0 Å². The lowest BCUT2D eigenvalue weighted by molar-refractivity contribution is 0.0524. The Morgan fingerprint density at radius 1 is 1.11 bits per heavy atom. The number of benzene rings is 1. The van der Waals surface area contributed by atoms with Crippen LogP contribution in [0.25, 0.3) is 0 Å². The van der Waals surface area contributed by atoms with Crippen molar-refractivity contribution in [3.63, 3.8) is 0 Å². The molecule has 1 spiro atoms. The maximum Gasteiger partial charge on any atom is 0.0437 e. The van der Waals surface area contributed by atoms with Crippen LogP contribution in [0.5, 0.6) is 0 Å². The van der Waals surface area contributed by atoms with Crippen LogP contribution < -0.4 is 0 Å². The quantitative estimate of drug-likeness (QED) is 0.724. The molecule has 2 fully saturated rings. The average molecular weight is 259 g/mol. The molecule has 1 heteroatoms. The number of aryl methyl sites for hydroxylation is 1. The predicted octanol–water partition coefficient (Wildman–Crippen LogP) is 4.36. The van der Waals surface area contributed by atoms with Gasteiger partial charge in [-0.1, -0.05) is 49.1 Å². The van der Waals surface area contributed by atoms with E-state index < -0.39 is 6.50 Å². The van der Waals surface area contributed by atoms with Crippen molar-refractivity contribution in [1.29, 1.82) is 0 Å². The Hall–Kier alpha value is -0.820. The van der Waals surface area contributed by atoms with Gasteiger partial charge in [0.15, 0.2) is 0 Å². The van der Waals surface area contributed by atoms with Crippen LogP contribution in [-0.4, -0.2) is 25.0 Å². The Kier molecular flexibility index (Phi) is 3.03. The van der Waals surface area contributed by atoms with E-state index in [1.807, 2.05) is 11.9 Å². The van der Waals surface area contributed by atoms with Gasteiger partial charge in [-0.2, -0.15) is 0 Å². The lowest BCUT2D eigenvalue weighted by Gasteiger charge is -2.50. The lowest BCUT2D eigenvalue weighted by Crippen LogP contribution is -2.45. The van der Waals surface area contributed by atoms with Crippen molar-refractivity contribution < 1.29 is 2.74 Å². The predicted molar refractivity (Wildman–Crippen MR) is 81.6 cm³/mol. The largest absolute Gasteiger partial charge is 0.306 e. The first-order valence-corrected chi connectivity index (χ1v) is 7.74. The molecule has 0 bridgehead atoms. The second kappa shape index (κ2) is 5.28. The Balaban J connectivity index is 2.05. The zero-order valence-electron chi connectivity index (χ0n) is 14.3. The van der Waals surface area contributed by atoms with Crippen LogP contribution in [0.1, 0.15) is 58.3 Å². The third-order valence-corrected chi connectivity index (χ3v) is 5.17. The minimum atomic E-state index is -1.25. The van der Waals surface area contributed by atoms with E-state index in [1.165, 1.54) is 43.2 Å². The van der Waals surface area contributed by atoms with Gasteiger partial charge in [0, 0.05) is 15.2 Å². The number of rotatable bonds is 1. The molecule has 1 aromatic carbocycles. The SMILES string of the molecule is [2H]C1([2H])C(c2ccc(C)cc2)C2(CCCCC2)CCN1C. The van der Waals surface area contributed by atoms with Gasteiger partial charge < -0.3 is 4.90 Å². The summed E-state index contributed by atoms with van der Waals surface area (Å²) in [6, 6.07) is 8.59. The molecule has 1 atom stereocenters. The number of likely N-dealkylation sites (N-methyl/N-ethyl adjacent to an activating group) is 1. The highest BCUT2D eigenvalue weighted by atomic mass is 15.1. The minimum Gasteiger partial charge on any atom is -0.306 e. The topological polar surface area (TPSA) is 3.24 Å². The fourth-order valence-electron chi connectivity index (χ4n) is 3.94. The number of nitrogens with zero attached hydrogens (tertiary/aromatic N) is 1. The molecule has 3 rings (SSSR count). The molecule has 19 heavy (non-hydrogen) atoms. The molecule has 1 nitrogen and oxygen atoms in total. The highest BCUT2D eigenvalue weighted by Crippen LogP contribution is 2.52. The number of hydrogen-bond donors (Lipinski definition) is 0. The monoisotopic (exact) mass is 259 g/mol. The van der Waals surface area contributed by atoms with Gasteiger partial charge in [-0.05, 0) is 50.8 Å². The molecular weight excluding hydrogens is 230 g/mol. The molecule has 1 saturated carbocycles. The third-order valence-electron chi connectivity index (χ3n) is 5.17. The van der Waals surface area contributed by atoms with Gasteiger partial charge in [-0.15, -0.1) is 0 Å². The maximum absolute atomic E-state index is 8.73. The standard InChI is InChI=1S/C18H27N/c1-15-6-8-16(9-7-15)17-14-19(2)13-12-18(17)10-4-3-5-11-18/h6-9,17H,3-5,10-14H2,1-2H3/i14D2. The zero-order valence-corrected chi connectivity index (χ0v) is 12.3. The first-order chi connectivity index (χ1) is 9.96. The molecule has 1 aromatic rings. The van der Waals surface area contributed by atoms with Crippen molar-refractivity contribution in [2.24, 2.45) is 5.41 Å². The van der Waals surface area contributed by atoms with Gasteiger partial charge in [0.25, 0.3) is 0 Å². The van der Waals surface area contributed by atoms with Gasteiger partial charge in [-0.3, -0.25) is 0 Å². The van der Waals surface area contributed by atoms with Gasteiger partial charge in [-0.25, -0.2) is 0 Å². The van der Waals surface area contributed by atoms with E-state index >= 15 is 0 Å². The van der Waals surface area contributed by atoms with Crippen molar-refractivity contribution in [3.8, 4) is 0 Å². The maximum atomic E-state index is 8.73. The zero-order chi connectivity index (χ0) is 15.1. The third kappa shape index (κ3) is 2.58. The van der Waals surface area contributed by atoms with Crippen LogP contribution >= 0.6 is 0 Å². The summed E-state index contributed by atoms with van der Waals surface area (Å²) in [5.41, 5.74) is 2.61. The fourth-order valence-corrected chi connectivity index (χ4v) is 3.94. The fraction of sp³-hybridized carbons (Fsp3) is 0.667. The van der Waals surface area contributed by atoms with Crippen LogP contribution in [-0.2, 0) is 0 Å². The molecule has 1 aliphatic heterocycles. The second-order valence-corrected chi connectivity index (χ2v) is 6.57. The Labute approximate surface area is 120 Å². The van der Waals surface area contributed by atoms with Crippen LogP contribution in [0.15, 0.2) is 24.3 Å². The van der Waals surface area contributed by atoms with E-state index in [2.05, 4.69) is 31.2 Å². The van der Waals surface area contributed by atoms with E-state index in [0.29, 0.717) is 0 Å². The summed E-state index contributed by atoms with van der Waals surface area (Å²) in [6.45, 7) is 1.74. The highest BCUT2D eigenvalue weighted by molar-refractivity contribution is 5.27. The van der Waals surface area contributed by atoms with Gasteiger partial charge in [0.1, 0.15) is 0 Å². The summed E-state index contributed by atoms with van der Waals surface area (Å²) in [4.78, 5) is 1.93. The smallest absolute Gasteiger partial charge is 0.0437 e. The van der Waals surface area contributed by atoms with Crippen molar-refractivity contribution in [3.05, 3.63) is 35.4 Å². The molecule has 1 unspecified atom stereocenters. The minimum absolute atomic E-state index is 0.00431. The number of piperidine rings is 1. The average Bonchev–Trinajstić information content (AvgIpc) is 2.47. The van der Waals surface area contributed by atoms with Gasteiger partial charge in [0.2, 0.25) is 0 Å². The molecule has 1 aliphatic carbocycles. The summed E-state index contributed by atoms with van der Waals surface area (Å²) in [5.74, 6) is 0.00431. The molecule has 2 aliphatic rings. The van der Waals surface area contributed by atoms with Gasteiger partial charge >= 0.3 is 0 Å². The van der Waals surface area contributed by atoms with E-state index in [0.717, 1.165) is 13.0 Å². The molecule has 1 heterocycles. The van der Waals surface area contributed by atoms with E-state index in [9.17, 15) is 0 Å². The van der Waals surface area contributed by atoms with Gasteiger partial charge in [0.05, 0.1) is 0 Å². The molecule has 1 saturated heterocycles. The number of likely N-dealkylation sites (tertiary alicyclic amines) is 1. The summed E-state index contributed by atoms with van der Waals surface area (Å²) < 4.78 is 17.5. The second-order valence-electron chi connectivity index (χ2n) is 6.57. The first kappa shape index (κ1) is 10.9. The Morgan fingerprint density at radius 3 is 2.47 bits per heavy atom. The molecule has 0 amide bonds. The highest BCUT2D eigenvalue weighted by Gasteiger charge is 2.43. The first-order valence-electron chi connectivity index (χ1n) is 8.74. The molecule has 0 aromatic heterocycles. The summed E-state index contributed by atoms with van der Waals surface area (Å²) in [5, 5.41) is 0. The Bertz CT molecular complexity index is 488. The van der Waals surface area contributed by atoms with Crippen LogP contribution in [0.2, 0.25) is 0 Å². The molecule has 104 valence electrons. The number of hydrogen-bond acceptors (Lipinski definition) is 1. The summed E-state index contributed by atoms with van der Waals surface area (Å²) in [7, 11) is 1.94. The molecule has 0 radical (unpaired) electrons. The van der Waals surface area contributed by atoms with E-state index in [-0.39, 0.29) is 11.3 Å². The van der Waals surface area contributed by atoms with Crippen molar-refractivity contribution in [2.45, 2.75) is 51.4 Å². The summed E-state index contributed by atoms with van der Waals surface area (Å²) in [6.07, 6.45) is 7.38. The summed E-state index contributed by atoms with van der Waals surface area (Å²) >= 11 is 0. The van der Waals surface area contributed by atoms with E-state index in [4.69, 9.17) is 2.74 Å². The lowest BCUT2D eigenvalue weighted by atomic mass is 9.60. The Morgan fingerprint density at radius 2 is 1.79 bits per heavy atom. The normalized spacial score (nSPS) is 31.8. The van der Waals surface area contributed by atoms with E-state index in [1.54, 1.807) is 0 Å². The van der Waals surface area contributed by atoms with Crippen molar-refractivity contribution in [1.82, 2.24) is 4.90 Å². The van der Waals surface area contributed by atoms with Crippen LogP contribution in [0.3, 0.4) is 0 Å². The molecule has 0 N–H and O–H groups in total. The van der Waals surface area contributed by atoms with Crippen LogP contribution in [0, 0.1) is 12.3 Å². The van der Waals surface area contributed by atoms with Crippen molar-refractivity contribution in [2.75, 3.05) is 20.1 Å². The molecular formula is C18H27N.